The fraction of sp³-hybridized carbons (Fsp3) is 0.333. The first-order valence-corrected chi connectivity index (χ1v) is 7.48. The third kappa shape index (κ3) is 2.70. The van der Waals surface area contributed by atoms with Gasteiger partial charge < -0.3 is 4.90 Å². The topological polar surface area (TPSA) is 67.3 Å². The van der Waals surface area contributed by atoms with Gasteiger partial charge in [-0.2, -0.15) is 0 Å². The number of amides is 1. The van der Waals surface area contributed by atoms with Gasteiger partial charge in [0.1, 0.15) is 10.4 Å². The van der Waals surface area contributed by atoms with Gasteiger partial charge >= 0.3 is 0 Å². The molecule has 1 aliphatic rings. The van der Waals surface area contributed by atoms with Crippen LogP contribution in [0.3, 0.4) is 0 Å². The van der Waals surface area contributed by atoms with Crippen molar-refractivity contribution in [3.05, 3.63) is 23.5 Å². The van der Waals surface area contributed by atoms with E-state index >= 15 is 0 Å². The van der Waals surface area contributed by atoms with Crippen LogP contribution in [0.2, 0.25) is 5.15 Å². The molecule has 1 aromatic rings. The van der Waals surface area contributed by atoms with Crippen LogP contribution in [0.5, 0.6) is 0 Å². The summed E-state index contributed by atoms with van der Waals surface area (Å²) in [5, 5.41) is -0.629. The molecule has 0 saturated carbocycles. The van der Waals surface area contributed by atoms with Crippen LogP contribution in [0.15, 0.2) is 18.3 Å². The smallest absolute Gasteiger partial charge is 0.237 e. The van der Waals surface area contributed by atoms with Gasteiger partial charge in [-0.05, 0) is 12.1 Å². The van der Waals surface area contributed by atoms with Crippen molar-refractivity contribution in [3.63, 3.8) is 0 Å². The number of pyridine rings is 1. The van der Waals surface area contributed by atoms with E-state index in [0.29, 0.717) is 5.69 Å². The van der Waals surface area contributed by atoms with Crippen LogP contribution in [0.1, 0.15) is 6.42 Å². The maximum absolute atomic E-state index is 11.7. The molecule has 0 aromatic carbocycles. The summed E-state index contributed by atoms with van der Waals surface area (Å²) >= 11 is 5.70. The molecule has 1 amide bonds. The summed E-state index contributed by atoms with van der Waals surface area (Å²) in [6.45, 7) is 0.0466. The Labute approximate surface area is 108 Å². The molecule has 0 spiro atoms. The van der Waals surface area contributed by atoms with Gasteiger partial charge in [0.25, 0.3) is 0 Å². The number of hydrogen-bond donors (Lipinski definition) is 0. The van der Waals surface area contributed by atoms with E-state index in [1.165, 1.54) is 17.2 Å². The Morgan fingerprint density at radius 3 is 2.71 bits per heavy atom. The van der Waals surface area contributed by atoms with E-state index < -0.39 is 14.3 Å². The van der Waals surface area contributed by atoms with Crippen LogP contribution >= 0.6 is 22.3 Å². The molecule has 1 unspecified atom stereocenters. The van der Waals surface area contributed by atoms with Gasteiger partial charge in [-0.25, -0.2) is 13.4 Å². The molecule has 1 atom stereocenters. The summed E-state index contributed by atoms with van der Waals surface area (Å²) in [4.78, 5) is 16.8. The second-order valence-electron chi connectivity index (χ2n) is 3.64. The van der Waals surface area contributed by atoms with Crippen molar-refractivity contribution in [2.45, 2.75) is 11.7 Å². The quantitative estimate of drug-likeness (QED) is 0.611. The first kappa shape index (κ1) is 12.6. The minimum absolute atomic E-state index is 0.0466. The Kier molecular flexibility index (Phi) is 3.29. The normalized spacial score (nSPS) is 20.9. The summed E-state index contributed by atoms with van der Waals surface area (Å²) in [6, 6.07) is 3.09. The Morgan fingerprint density at radius 1 is 1.47 bits per heavy atom. The molecule has 2 rings (SSSR count). The van der Waals surface area contributed by atoms with E-state index in [4.69, 9.17) is 22.3 Å². The van der Waals surface area contributed by atoms with Gasteiger partial charge in [-0.15, -0.1) is 0 Å². The highest BCUT2D eigenvalue weighted by Gasteiger charge is 2.37. The number of carbonyl (C=O) groups excluding carboxylic acids is 1. The molecule has 1 saturated heterocycles. The molecule has 1 aromatic heterocycles. The van der Waals surface area contributed by atoms with Gasteiger partial charge in [0.05, 0.1) is 0 Å². The molecule has 0 aliphatic carbocycles. The van der Waals surface area contributed by atoms with E-state index in [-0.39, 0.29) is 24.0 Å². The predicted octanol–water partition coefficient (Wildman–Crippen LogP) is 1.41. The molecule has 0 N–H and O–H groups in total. The lowest BCUT2D eigenvalue weighted by Crippen LogP contribution is -2.26. The van der Waals surface area contributed by atoms with Crippen LogP contribution in [0.25, 0.3) is 0 Å². The molecule has 5 nitrogen and oxygen atoms in total. The van der Waals surface area contributed by atoms with E-state index in [1.54, 1.807) is 6.07 Å². The molecule has 1 aliphatic heterocycles. The molecule has 0 bridgehead atoms. The fourth-order valence-corrected chi connectivity index (χ4v) is 2.87. The van der Waals surface area contributed by atoms with E-state index in [0.717, 1.165) is 0 Å². The molecular formula is C9H8Cl2N2O3S. The fourth-order valence-electron chi connectivity index (χ4n) is 1.67. The molecule has 92 valence electrons. The van der Waals surface area contributed by atoms with E-state index in [2.05, 4.69) is 4.98 Å². The highest BCUT2D eigenvalue weighted by Crippen LogP contribution is 2.27. The lowest BCUT2D eigenvalue weighted by molar-refractivity contribution is -0.117. The number of rotatable bonds is 2. The van der Waals surface area contributed by atoms with Crippen LogP contribution < -0.4 is 4.90 Å². The van der Waals surface area contributed by atoms with Crippen LogP contribution in [0, 0.1) is 0 Å². The molecule has 8 heteroatoms. The van der Waals surface area contributed by atoms with E-state index in [1.807, 2.05) is 0 Å². The zero-order chi connectivity index (χ0) is 12.6. The summed E-state index contributed by atoms with van der Waals surface area (Å²) in [7, 11) is 1.52. The number of anilines is 1. The Balaban J connectivity index is 2.28. The van der Waals surface area contributed by atoms with Gasteiger partial charge in [0, 0.05) is 35.5 Å². The average Bonchev–Trinajstić information content (AvgIpc) is 2.60. The Bertz CT molecular complexity index is 561. The van der Waals surface area contributed by atoms with Crippen LogP contribution in [-0.2, 0) is 13.8 Å². The second-order valence-corrected chi connectivity index (χ2v) is 6.94. The molecule has 2 heterocycles. The average molecular weight is 295 g/mol. The van der Waals surface area contributed by atoms with Crippen molar-refractivity contribution in [1.82, 2.24) is 4.98 Å². The van der Waals surface area contributed by atoms with Crippen molar-refractivity contribution in [1.29, 1.82) is 0 Å². The van der Waals surface area contributed by atoms with Gasteiger partial charge in [-0.3, -0.25) is 4.79 Å². The lowest BCUT2D eigenvalue weighted by Gasteiger charge is -2.15. The predicted molar refractivity (Wildman–Crippen MR) is 64.8 cm³/mol. The summed E-state index contributed by atoms with van der Waals surface area (Å²) < 4.78 is 22.3. The molecule has 1 fully saturated rings. The maximum Gasteiger partial charge on any atom is 0.237 e. The first-order chi connectivity index (χ1) is 7.88. The van der Waals surface area contributed by atoms with Gasteiger partial charge in [0.2, 0.25) is 15.0 Å². The summed E-state index contributed by atoms with van der Waals surface area (Å²) in [5.41, 5.74) is 0.526. The van der Waals surface area contributed by atoms with Gasteiger partial charge in [0.15, 0.2) is 0 Å². The summed E-state index contributed by atoms with van der Waals surface area (Å²) in [5.74, 6) is -0.290. The van der Waals surface area contributed by atoms with Gasteiger partial charge in [-0.1, -0.05) is 11.6 Å². The Hall–Kier alpha value is -0.850. The highest BCUT2D eigenvalue weighted by atomic mass is 35.7. The van der Waals surface area contributed by atoms with Crippen molar-refractivity contribution in [2.75, 3.05) is 11.4 Å². The second kappa shape index (κ2) is 4.44. The van der Waals surface area contributed by atoms with Crippen LogP contribution in [0.4, 0.5) is 5.69 Å². The number of nitrogens with zero attached hydrogens (tertiary/aromatic N) is 2. The number of carbonyl (C=O) groups is 1. The highest BCUT2D eigenvalue weighted by molar-refractivity contribution is 8.14. The minimum atomic E-state index is -3.73. The largest absolute Gasteiger partial charge is 0.311 e. The standard InChI is InChI=1S/C9H8Cl2N2O3S/c10-8-3-6(1-2-12-8)13-5-7(4-9(13)14)17(11,15)16/h1-3,7H,4-5H2. The SMILES string of the molecule is O=C1CC(S(=O)(=O)Cl)CN1c1ccnc(Cl)c1. The van der Waals surface area contributed by atoms with Crippen molar-refractivity contribution in [2.24, 2.45) is 0 Å². The van der Waals surface area contributed by atoms with Crippen LogP contribution in [-0.4, -0.2) is 31.1 Å². The lowest BCUT2D eigenvalue weighted by atomic mass is 10.3. The van der Waals surface area contributed by atoms with Crippen molar-refractivity contribution < 1.29 is 13.2 Å². The molecule has 0 radical (unpaired) electrons. The monoisotopic (exact) mass is 294 g/mol. The third-order valence-corrected chi connectivity index (χ3v) is 4.58. The first-order valence-electron chi connectivity index (χ1n) is 4.73. The minimum Gasteiger partial charge on any atom is -0.311 e. The van der Waals surface area contributed by atoms with Crippen molar-refractivity contribution in [3.8, 4) is 0 Å². The third-order valence-electron chi connectivity index (χ3n) is 2.51. The maximum atomic E-state index is 11.7. The van der Waals surface area contributed by atoms with Crippen molar-refractivity contribution >= 4 is 42.9 Å². The Morgan fingerprint density at radius 2 is 2.18 bits per heavy atom. The number of halogens is 2. The molecule has 17 heavy (non-hydrogen) atoms. The number of aromatic nitrogens is 1. The molecular weight excluding hydrogens is 287 g/mol. The number of hydrogen-bond acceptors (Lipinski definition) is 4. The van der Waals surface area contributed by atoms with E-state index in [9.17, 15) is 13.2 Å². The zero-order valence-corrected chi connectivity index (χ0v) is 10.8. The summed E-state index contributed by atoms with van der Waals surface area (Å²) in [6.07, 6.45) is 1.35. The zero-order valence-electron chi connectivity index (χ0n) is 8.51.